The number of amides is 1. The summed E-state index contributed by atoms with van der Waals surface area (Å²) in [6.07, 6.45) is 2.77. The normalized spacial score (nSPS) is 11.3. The van der Waals surface area contributed by atoms with Gasteiger partial charge in [0, 0.05) is 17.8 Å². The third-order valence-electron chi connectivity index (χ3n) is 3.82. The Balaban J connectivity index is 1.55. The second kappa shape index (κ2) is 9.49. The van der Waals surface area contributed by atoms with Gasteiger partial charge in [0.1, 0.15) is 11.6 Å². The Bertz CT molecular complexity index is 1220. The third kappa shape index (κ3) is 6.46. The lowest BCUT2D eigenvalue weighted by Crippen LogP contribution is -2.32. The van der Waals surface area contributed by atoms with Gasteiger partial charge in [-0.1, -0.05) is 17.3 Å². The quantitative estimate of drug-likeness (QED) is 0.381. The summed E-state index contributed by atoms with van der Waals surface area (Å²) in [5.74, 6) is -0.291. The molecule has 8 nitrogen and oxygen atoms in total. The molecule has 3 aromatic rings. The molecule has 0 atom stereocenters. The van der Waals surface area contributed by atoms with Crippen LogP contribution in [0.5, 0.6) is 0 Å². The molecule has 0 aliphatic carbocycles. The van der Waals surface area contributed by atoms with Crippen molar-refractivity contribution in [3.63, 3.8) is 0 Å². The highest BCUT2D eigenvalue weighted by Crippen LogP contribution is 2.18. The minimum absolute atomic E-state index is 0.0101. The van der Waals surface area contributed by atoms with Gasteiger partial charge in [-0.05, 0) is 67.2 Å². The maximum absolute atomic E-state index is 12.9. The van der Waals surface area contributed by atoms with Gasteiger partial charge in [0.15, 0.2) is 10.9 Å². The van der Waals surface area contributed by atoms with E-state index in [1.54, 1.807) is 6.92 Å². The van der Waals surface area contributed by atoms with E-state index in [2.05, 4.69) is 20.5 Å². The molecule has 160 valence electrons. The molecular formula is C20H17FN4O4S2. The first-order valence-electron chi connectivity index (χ1n) is 8.83. The van der Waals surface area contributed by atoms with Crippen molar-refractivity contribution in [2.45, 2.75) is 11.8 Å². The molecule has 0 saturated heterocycles. The van der Waals surface area contributed by atoms with Crippen LogP contribution in [0.3, 0.4) is 0 Å². The number of sulfonamides is 1. The van der Waals surface area contributed by atoms with Crippen molar-refractivity contribution in [2.75, 3.05) is 10.0 Å². The Labute approximate surface area is 183 Å². The molecule has 11 heteroatoms. The smallest absolute Gasteiger partial charge is 0.263 e. The number of halogens is 1. The molecule has 0 aliphatic rings. The van der Waals surface area contributed by atoms with Crippen molar-refractivity contribution in [1.82, 2.24) is 10.5 Å². The Morgan fingerprint density at radius 2 is 1.81 bits per heavy atom. The zero-order valence-electron chi connectivity index (χ0n) is 16.1. The number of hydrogen-bond donors (Lipinski definition) is 3. The van der Waals surface area contributed by atoms with Crippen LogP contribution in [0.25, 0.3) is 6.08 Å². The molecule has 2 aromatic carbocycles. The number of nitrogens with zero attached hydrogens (tertiary/aromatic N) is 1. The number of rotatable bonds is 6. The summed E-state index contributed by atoms with van der Waals surface area (Å²) in [5.41, 5.74) is 1.13. The lowest BCUT2D eigenvalue weighted by molar-refractivity contribution is -0.115. The minimum Gasteiger partial charge on any atom is -0.360 e. The zero-order valence-corrected chi connectivity index (χ0v) is 17.8. The van der Waals surface area contributed by atoms with Crippen LogP contribution in [-0.2, 0) is 14.8 Å². The Morgan fingerprint density at radius 3 is 2.42 bits per heavy atom. The molecule has 31 heavy (non-hydrogen) atoms. The van der Waals surface area contributed by atoms with Crippen molar-refractivity contribution in [2.24, 2.45) is 0 Å². The highest BCUT2D eigenvalue weighted by Gasteiger charge is 2.16. The van der Waals surface area contributed by atoms with Gasteiger partial charge in [-0.2, -0.15) is 0 Å². The van der Waals surface area contributed by atoms with Crippen LogP contribution in [0.2, 0.25) is 0 Å². The van der Waals surface area contributed by atoms with Gasteiger partial charge in [-0.3, -0.25) is 14.8 Å². The molecule has 0 fully saturated rings. The maximum Gasteiger partial charge on any atom is 0.263 e. The first-order chi connectivity index (χ1) is 14.7. The van der Waals surface area contributed by atoms with Crippen molar-refractivity contribution in [3.05, 3.63) is 77.8 Å². The Kier molecular flexibility index (Phi) is 6.78. The van der Waals surface area contributed by atoms with Gasteiger partial charge in [-0.25, -0.2) is 12.8 Å². The fourth-order valence-electron chi connectivity index (χ4n) is 2.39. The van der Waals surface area contributed by atoms with Crippen LogP contribution in [0, 0.1) is 12.7 Å². The third-order valence-corrected chi connectivity index (χ3v) is 5.40. The Morgan fingerprint density at radius 1 is 1.13 bits per heavy atom. The van der Waals surface area contributed by atoms with E-state index in [1.165, 1.54) is 66.7 Å². The van der Waals surface area contributed by atoms with E-state index in [-0.39, 0.29) is 21.6 Å². The highest BCUT2D eigenvalue weighted by atomic mass is 32.2. The lowest BCUT2D eigenvalue weighted by atomic mass is 10.2. The van der Waals surface area contributed by atoms with E-state index < -0.39 is 15.9 Å². The number of carbonyl (C=O) groups excluding carboxylic acids is 1. The van der Waals surface area contributed by atoms with E-state index in [0.29, 0.717) is 17.0 Å². The van der Waals surface area contributed by atoms with E-state index in [9.17, 15) is 17.6 Å². The molecular weight excluding hydrogens is 443 g/mol. The maximum atomic E-state index is 12.9. The molecule has 3 rings (SSSR count). The number of aryl methyl sites for hydroxylation is 1. The molecule has 0 unspecified atom stereocenters. The summed E-state index contributed by atoms with van der Waals surface area (Å²) in [7, 11) is -3.84. The van der Waals surface area contributed by atoms with Gasteiger partial charge < -0.3 is 9.84 Å². The Hall–Kier alpha value is -3.57. The molecule has 0 saturated carbocycles. The summed E-state index contributed by atoms with van der Waals surface area (Å²) >= 11 is 5.08. The van der Waals surface area contributed by atoms with Crippen molar-refractivity contribution < 1.29 is 22.1 Å². The highest BCUT2D eigenvalue weighted by molar-refractivity contribution is 7.92. The largest absolute Gasteiger partial charge is 0.360 e. The SMILES string of the molecule is Cc1cc(NS(=O)(=O)c2ccc(NC(=S)NC(=O)C=Cc3ccc(F)cc3)cc2)no1. The van der Waals surface area contributed by atoms with Gasteiger partial charge in [-0.15, -0.1) is 0 Å². The molecule has 1 amide bonds. The average molecular weight is 461 g/mol. The molecule has 0 aliphatic heterocycles. The van der Waals surface area contributed by atoms with E-state index in [0.717, 1.165) is 0 Å². The molecule has 0 bridgehead atoms. The minimum atomic E-state index is -3.84. The predicted octanol–water partition coefficient (Wildman–Crippen LogP) is 3.45. The van der Waals surface area contributed by atoms with Crippen LogP contribution < -0.4 is 15.4 Å². The van der Waals surface area contributed by atoms with Crippen LogP contribution in [-0.4, -0.2) is 24.6 Å². The summed E-state index contributed by atoms with van der Waals surface area (Å²) < 4.78 is 44.8. The number of carbonyl (C=O) groups is 1. The summed E-state index contributed by atoms with van der Waals surface area (Å²) in [6, 6.07) is 12.8. The van der Waals surface area contributed by atoms with Crippen molar-refractivity contribution in [3.8, 4) is 0 Å². The summed E-state index contributed by atoms with van der Waals surface area (Å²) in [4.78, 5) is 12.0. The van der Waals surface area contributed by atoms with E-state index >= 15 is 0 Å². The molecule has 3 N–H and O–H groups in total. The van der Waals surface area contributed by atoms with Crippen LogP contribution in [0.4, 0.5) is 15.9 Å². The van der Waals surface area contributed by atoms with Crippen LogP contribution in [0.1, 0.15) is 11.3 Å². The monoisotopic (exact) mass is 460 g/mol. The number of benzene rings is 2. The fourth-order valence-corrected chi connectivity index (χ4v) is 3.59. The number of anilines is 2. The van der Waals surface area contributed by atoms with Crippen molar-refractivity contribution in [1.29, 1.82) is 0 Å². The average Bonchev–Trinajstić information content (AvgIpc) is 3.11. The molecule has 0 radical (unpaired) electrons. The predicted molar refractivity (Wildman–Crippen MR) is 118 cm³/mol. The van der Waals surface area contributed by atoms with E-state index in [1.807, 2.05) is 0 Å². The second-order valence-corrected chi connectivity index (χ2v) is 8.37. The lowest BCUT2D eigenvalue weighted by Gasteiger charge is -2.09. The van der Waals surface area contributed by atoms with E-state index in [4.69, 9.17) is 16.7 Å². The van der Waals surface area contributed by atoms with Crippen LogP contribution >= 0.6 is 12.2 Å². The summed E-state index contributed by atoms with van der Waals surface area (Å²) in [5, 5.41) is 8.87. The number of thiocarbonyl (C=S) groups is 1. The molecule has 1 heterocycles. The topological polar surface area (TPSA) is 113 Å². The number of aromatic nitrogens is 1. The molecule has 0 spiro atoms. The van der Waals surface area contributed by atoms with Gasteiger partial charge >= 0.3 is 0 Å². The van der Waals surface area contributed by atoms with Gasteiger partial charge in [0.2, 0.25) is 5.91 Å². The first-order valence-corrected chi connectivity index (χ1v) is 10.7. The standard InChI is InChI=1S/C20H17FN4O4S2/c1-13-12-18(24-29-13)25-31(27,28)17-9-7-16(8-10-17)22-20(30)23-19(26)11-4-14-2-5-15(21)6-3-14/h2-12H,1H3,(H,24,25)(H2,22,23,26,30). The van der Waals surface area contributed by atoms with Crippen molar-refractivity contribution >= 4 is 50.8 Å². The van der Waals surface area contributed by atoms with Gasteiger partial charge in [0.05, 0.1) is 4.90 Å². The molecule has 1 aromatic heterocycles. The summed E-state index contributed by atoms with van der Waals surface area (Å²) in [6.45, 7) is 1.64. The number of hydrogen-bond acceptors (Lipinski definition) is 6. The van der Waals surface area contributed by atoms with Gasteiger partial charge in [0.25, 0.3) is 10.0 Å². The van der Waals surface area contributed by atoms with Crippen LogP contribution in [0.15, 0.2) is 70.1 Å². The zero-order chi connectivity index (χ0) is 22.4. The fraction of sp³-hybridized carbons (Fsp3) is 0.0500. The first kappa shape index (κ1) is 22.1. The number of nitrogens with one attached hydrogen (secondary N) is 3. The second-order valence-electron chi connectivity index (χ2n) is 6.28.